The molecule has 1 aliphatic heterocycles. The molecule has 0 unspecified atom stereocenters. The second-order valence-corrected chi connectivity index (χ2v) is 6.92. The predicted octanol–water partition coefficient (Wildman–Crippen LogP) is 3.74. The molecule has 0 spiro atoms. The number of imide groups is 1. The SMILES string of the molecule is COc1cccc2cc(/C=C/C(=O)Nc3ccc(CN4C(=O)CCC4=O)cc3)oc12. The number of fused-ring (bicyclic) bond motifs is 1. The number of ether oxygens (including phenoxy) is 1. The van der Waals surface area contributed by atoms with Crippen LogP contribution in [0.3, 0.4) is 0 Å². The summed E-state index contributed by atoms with van der Waals surface area (Å²) in [5.41, 5.74) is 2.06. The van der Waals surface area contributed by atoms with Crippen LogP contribution in [0, 0.1) is 0 Å². The summed E-state index contributed by atoms with van der Waals surface area (Å²) >= 11 is 0. The van der Waals surface area contributed by atoms with E-state index in [1.54, 1.807) is 37.5 Å². The van der Waals surface area contributed by atoms with Crippen molar-refractivity contribution >= 4 is 40.5 Å². The minimum absolute atomic E-state index is 0.147. The van der Waals surface area contributed by atoms with Crippen LogP contribution in [0.2, 0.25) is 0 Å². The Hall–Kier alpha value is -3.87. The van der Waals surface area contributed by atoms with Crippen molar-refractivity contribution in [1.82, 2.24) is 4.90 Å². The summed E-state index contributed by atoms with van der Waals surface area (Å²) in [6.07, 6.45) is 3.53. The third-order valence-electron chi connectivity index (χ3n) is 4.86. The number of carbonyl (C=O) groups is 3. The largest absolute Gasteiger partial charge is 0.493 e. The Morgan fingerprint density at radius 3 is 2.57 bits per heavy atom. The van der Waals surface area contributed by atoms with Gasteiger partial charge in [-0.15, -0.1) is 0 Å². The third kappa shape index (κ3) is 4.10. The molecule has 0 atom stereocenters. The van der Waals surface area contributed by atoms with Crippen molar-refractivity contribution in [3.8, 4) is 5.75 Å². The number of nitrogens with zero attached hydrogens (tertiary/aromatic N) is 1. The topological polar surface area (TPSA) is 88.9 Å². The monoisotopic (exact) mass is 404 g/mol. The van der Waals surface area contributed by atoms with E-state index in [2.05, 4.69) is 5.32 Å². The lowest BCUT2D eigenvalue weighted by molar-refractivity contribution is -0.139. The molecule has 7 nitrogen and oxygen atoms in total. The minimum atomic E-state index is -0.305. The van der Waals surface area contributed by atoms with Crippen molar-refractivity contribution in [2.24, 2.45) is 0 Å². The van der Waals surface area contributed by atoms with Gasteiger partial charge in [-0.1, -0.05) is 24.3 Å². The quantitative estimate of drug-likeness (QED) is 0.499. The van der Waals surface area contributed by atoms with Crippen LogP contribution >= 0.6 is 0 Å². The molecular weight excluding hydrogens is 384 g/mol. The van der Waals surface area contributed by atoms with Gasteiger partial charge in [0.1, 0.15) is 5.76 Å². The Morgan fingerprint density at radius 1 is 1.13 bits per heavy atom. The van der Waals surface area contributed by atoms with Crippen LogP contribution in [0.1, 0.15) is 24.2 Å². The van der Waals surface area contributed by atoms with Crippen LogP contribution < -0.4 is 10.1 Å². The van der Waals surface area contributed by atoms with Gasteiger partial charge in [-0.05, 0) is 35.9 Å². The predicted molar refractivity (Wildman–Crippen MR) is 112 cm³/mol. The molecule has 0 radical (unpaired) electrons. The number of para-hydroxylation sites is 1. The first-order chi connectivity index (χ1) is 14.5. The van der Waals surface area contributed by atoms with E-state index < -0.39 is 0 Å². The van der Waals surface area contributed by atoms with E-state index in [9.17, 15) is 14.4 Å². The summed E-state index contributed by atoms with van der Waals surface area (Å²) in [7, 11) is 1.58. The van der Waals surface area contributed by atoms with Crippen molar-refractivity contribution < 1.29 is 23.5 Å². The van der Waals surface area contributed by atoms with Crippen LogP contribution in [-0.4, -0.2) is 29.7 Å². The summed E-state index contributed by atoms with van der Waals surface area (Å²) < 4.78 is 11.0. The van der Waals surface area contributed by atoms with Gasteiger partial charge in [0, 0.05) is 30.0 Å². The zero-order chi connectivity index (χ0) is 21.1. The van der Waals surface area contributed by atoms with Crippen LogP contribution in [0.4, 0.5) is 5.69 Å². The lowest BCUT2D eigenvalue weighted by atomic mass is 10.2. The Balaban J connectivity index is 1.38. The van der Waals surface area contributed by atoms with Crippen LogP contribution in [-0.2, 0) is 20.9 Å². The Kier molecular flexibility index (Phi) is 5.34. The fourth-order valence-electron chi connectivity index (χ4n) is 3.32. The Bertz CT molecular complexity index is 1130. The molecule has 30 heavy (non-hydrogen) atoms. The summed E-state index contributed by atoms with van der Waals surface area (Å²) in [4.78, 5) is 36.9. The molecule has 4 rings (SSSR count). The smallest absolute Gasteiger partial charge is 0.248 e. The van der Waals surface area contributed by atoms with Gasteiger partial charge in [0.15, 0.2) is 11.3 Å². The maximum Gasteiger partial charge on any atom is 0.248 e. The van der Waals surface area contributed by atoms with Gasteiger partial charge in [0.05, 0.1) is 13.7 Å². The number of furan rings is 1. The number of carbonyl (C=O) groups excluding carboxylic acids is 3. The van der Waals surface area contributed by atoms with Gasteiger partial charge in [-0.25, -0.2) is 0 Å². The second-order valence-electron chi connectivity index (χ2n) is 6.92. The first-order valence-electron chi connectivity index (χ1n) is 9.51. The van der Waals surface area contributed by atoms with Gasteiger partial charge >= 0.3 is 0 Å². The van der Waals surface area contributed by atoms with E-state index in [-0.39, 0.29) is 37.1 Å². The molecule has 3 aromatic rings. The van der Waals surface area contributed by atoms with E-state index in [1.807, 2.05) is 24.3 Å². The average Bonchev–Trinajstić information content (AvgIpc) is 3.31. The van der Waals surface area contributed by atoms with E-state index in [0.717, 1.165) is 10.9 Å². The lowest BCUT2D eigenvalue weighted by Crippen LogP contribution is -2.28. The van der Waals surface area contributed by atoms with Crippen LogP contribution in [0.15, 0.2) is 59.0 Å². The number of hydrogen-bond acceptors (Lipinski definition) is 5. The lowest BCUT2D eigenvalue weighted by Gasteiger charge is -2.14. The molecule has 1 aliphatic rings. The molecule has 1 saturated heterocycles. The second kappa shape index (κ2) is 8.24. The summed E-state index contributed by atoms with van der Waals surface area (Å²) in [5, 5.41) is 3.66. The standard InChI is InChI=1S/C23H20N2O5/c1-29-19-4-2-3-16-13-18(30-23(16)19)9-10-20(26)24-17-7-5-15(6-8-17)14-25-21(27)11-12-22(25)28/h2-10,13H,11-12,14H2,1H3,(H,24,26)/b10-9+. The van der Waals surface area contributed by atoms with Crippen molar-refractivity contribution in [1.29, 1.82) is 0 Å². The number of anilines is 1. The highest BCUT2D eigenvalue weighted by atomic mass is 16.5. The number of rotatable bonds is 6. The number of hydrogen-bond donors (Lipinski definition) is 1. The highest BCUT2D eigenvalue weighted by molar-refractivity contribution is 6.02. The maximum atomic E-state index is 12.2. The molecule has 152 valence electrons. The Morgan fingerprint density at radius 2 is 1.87 bits per heavy atom. The minimum Gasteiger partial charge on any atom is -0.493 e. The van der Waals surface area contributed by atoms with E-state index >= 15 is 0 Å². The van der Waals surface area contributed by atoms with Crippen molar-refractivity contribution in [2.45, 2.75) is 19.4 Å². The number of amides is 3. The van der Waals surface area contributed by atoms with E-state index in [0.29, 0.717) is 22.8 Å². The summed E-state index contributed by atoms with van der Waals surface area (Å²) in [5.74, 6) is 0.575. The van der Waals surface area contributed by atoms with Crippen molar-refractivity contribution in [3.05, 3.63) is 65.9 Å². The first kappa shape index (κ1) is 19.4. The first-order valence-corrected chi connectivity index (χ1v) is 9.51. The summed E-state index contributed by atoms with van der Waals surface area (Å²) in [6, 6.07) is 14.5. The molecule has 1 aromatic heterocycles. The average molecular weight is 404 g/mol. The van der Waals surface area contributed by atoms with Gasteiger partial charge in [-0.3, -0.25) is 19.3 Å². The zero-order valence-electron chi connectivity index (χ0n) is 16.4. The molecule has 2 aromatic carbocycles. The van der Waals surface area contributed by atoms with Crippen LogP contribution in [0.25, 0.3) is 17.0 Å². The number of likely N-dealkylation sites (tertiary alicyclic amines) is 1. The highest BCUT2D eigenvalue weighted by Gasteiger charge is 2.28. The fourth-order valence-corrected chi connectivity index (χ4v) is 3.32. The molecular formula is C23H20N2O5. The van der Waals surface area contributed by atoms with Gasteiger partial charge in [0.25, 0.3) is 0 Å². The number of benzene rings is 2. The van der Waals surface area contributed by atoms with Gasteiger partial charge in [-0.2, -0.15) is 0 Å². The van der Waals surface area contributed by atoms with Gasteiger partial charge in [0.2, 0.25) is 17.7 Å². The maximum absolute atomic E-state index is 12.2. The molecule has 0 aliphatic carbocycles. The molecule has 3 amide bonds. The number of nitrogens with one attached hydrogen (secondary N) is 1. The van der Waals surface area contributed by atoms with E-state index in [1.165, 1.54) is 11.0 Å². The fraction of sp³-hybridized carbons (Fsp3) is 0.174. The van der Waals surface area contributed by atoms with E-state index in [4.69, 9.17) is 9.15 Å². The third-order valence-corrected chi connectivity index (χ3v) is 4.86. The molecule has 0 saturated carbocycles. The highest BCUT2D eigenvalue weighted by Crippen LogP contribution is 2.29. The number of methoxy groups -OCH3 is 1. The molecule has 1 fully saturated rings. The zero-order valence-corrected chi connectivity index (χ0v) is 16.4. The Labute approximate surface area is 172 Å². The van der Waals surface area contributed by atoms with Crippen LogP contribution in [0.5, 0.6) is 5.75 Å². The van der Waals surface area contributed by atoms with Crippen molar-refractivity contribution in [3.63, 3.8) is 0 Å². The molecule has 2 heterocycles. The molecule has 7 heteroatoms. The van der Waals surface area contributed by atoms with Gasteiger partial charge < -0.3 is 14.5 Å². The molecule has 0 bridgehead atoms. The molecule has 1 N–H and O–H groups in total. The normalized spacial score (nSPS) is 14.1. The van der Waals surface area contributed by atoms with Crippen molar-refractivity contribution in [2.75, 3.05) is 12.4 Å². The summed E-state index contributed by atoms with van der Waals surface area (Å²) in [6.45, 7) is 0.251.